The molecule has 4 rings (SSSR count). The minimum absolute atomic E-state index is 0.254. The van der Waals surface area contributed by atoms with Crippen molar-refractivity contribution >= 4 is 23.7 Å². The number of nitrogens with zero attached hydrogens (tertiary/aromatic N) is 5. The lowest BCUT2D eigenvalue weighted by Crippen LogP contribution is -2.55. The molecule has 7 heteroatoms. The number of fused-ring (bicyclic) bond motifs is 3. The number of ether oxygens (including phenoxy) is 1. The lowest BCUT2D eigenvalue weighted by atomic mass is 9.84. The highest BCUT2D eigenvalue weighted by molar-refractivity contribution is 6.01. The third-order valence-corrected chi connectivity index (χ3v) is 5.29. The first kappa shape index (κ1) is 17.0. The summed E-state index contributed by atoms with van der Waals surface area (Å²) in [5, 5.41) is 13.8. The van der Waals surface area contributed by atoms with Crippen molar-refractivity contribution in [2.75, 3.05) is 11.5 Å². The van der Waals surface area contributed by atoms with Gasteiger partial charge in [0.05, 0.1) is 18.8 Å². The molecule has 0 fully saturated rings. The first-order valence-corrected chi connectivity index (χ1v) is 8.82. The molecule has 0 amide bonds. The number of anilines is 1. The number of allylic oxidation sites excluding steroid dienone is 1. The zero-order chi connectivity index (χ0) is 19.2. The summed E-state index contributed by atoms with van der Waals surface area (Å²) >= 11 is 0. The molecule has 0 bridgehead atoms. The van der Waals surface area contributed by atoms with Gasteiger partial charge in [-0.15, -0.1) is 0 Å². The van der Waals surface area contributed by atoms with Crippen LogP contribution in [0.1, 0.15) is 26.3 Å². The van der Waals surface area contributed by atoms with Crippen molar-refractivity contribution in [1.82, 2.24) is 9.78 Å². The van der Waals surface area contributed by atoms with Gasteiger partial charge in [0.15, 0.2) is 5.82 Å². The number of rotatable bonds is 3. The number of carbonyl (C=O) groups excluding carboxylic acids is 1. The minimum atomic E-state index is -1.19. The number of para-hydroxylation sites is 1. The summed E-state index contributed by atoms with van der Waals surface area (Å²) in [5.41, 5.74) is 1.75. The molecule has 136 valence electrons. The fraction of sp³-hybridized carbons (Fsp3) is 0.300. The molecular weight excluding hydrogens is 342 g/mol. The average Bonchev–Trinajstić information content (AvgIpc) is 3.20. The Bertz CT molecular complexity index is 1010. The van der Waals surface area contributed by atoms with Gasteiger partial charge in [0.1, 0.15) is 11.6 Å². The van der Waals surface area contributed by atoms with Crippen LogP contribution in [0.4, 0.5) is 11.5 Å². The number of hydrogen-bond donors (Lipinski definition) is 0. The molecule has 0 saturated carbocycles. The van der Waals surface area contributed by atoms with Gasteiger partial charge in [-0.1, -0.05) is 18.2 Å². The normalized spacial score (nSPS) is 23.0. The van der Waals surface area contributed by atoms with Gasteiger partial charge in [-0.2, -0.15) is 10.4 Å². The van der Waals surface area contributed by atoms with Crippen molar-refractivity contribution in [3.8, 4) is 6.07 Å². The van der Waals surface area contributed by atoms with E-state index in [2.05, 4.69) is 21.1 Å². The van der Waals surface area contributed by atoms with Crippen LogP contribution in [-0.2, 0) is 15.1 Å². The van der Waals surface area contributed by atoms with Crippen LogP contribution in [0.2, 0.25) is 0 Å². The second-order valence-electron chi connectivity index (χ2n) is 6.53. The summed E-state index contributed by atoms with van der Waals surface area (Å²) in [7, 11) is 0. The number of aliphatic imine (C=N–C) groups is 1. The van der Waals surface area contributed by atoms with Gasteiger partial charge >= 0.3 is 5.97 Å². The predicted octanol–water partition coefficient (Wildman–Crippen LogP) is 2.91. The molecule has 2 aliphatic heterocycles. The van der Waals surface area contributed by atoms with Crippen LogP contribution >= 0.6 is 0 Å². The Labute approximate surface area is 157 Å². The van der Waals surface area contributed by atoms with E-state index in [1.54, 1.807) is 17.8 Å². The Balaban J connectivity index is 1.99. The molecule has 1 aromatic heterocycles. The number of benzene rings is 1. The zero-order valence-corrected chi connectivity index (χ0v) is 15.4. The van der Waals surface area contributed by atoms with E-state index in [-0.39, 0.29) is 12.6 Å². The van der Waals surface area contributed by atoms with E-state index in [4.69, 9.17) is 4.74 Å². The van der Waals surface area contributed by atoms with E-state index in [0.717, 1.165) is 17.0 Å². The smallest absolute Gasteiger partial charge is 0.341 e. The average molecular weight is 361 g/mol. The van der Waals surface area contributed by atoms with Gasteiger partial charge in [0.25, 0.3) is 0 Å². The van der Waals surface area contributed by atoms with Gasteiger partial charge in [0.2, 0.25) is 5.54 Å². The second kappa shape index (κ2) is 6.09. The fourth-order valence-electron chi connectivity index (χ4n) is 4.13. The number of esters is 1. The van der Waals surface area contributed by atoms with E-state index in [0.29, 0.717) is 11.4 Å². The molecule has 0 radical (unpaired) electrons. The molecule has 2 aromatic rings. The summed E-state index contributed by atoms with van der Waals surface area (Å²) in [6.45, 7) is 5.97. The minimum Gasteiger partial charge on any atom is -0.464 e. The van der Waals surface area contributed by atoms with Gasteiger partial charge in [0, 0.05) is 23.2 Å². The van der Waals surface area contributed by atoms with Crippen LogP contribution in [0.3, 0.4) is 0 Å². The highest BCUT2D eigenvalue weighted by atomic mass is 16.5. The molecule has 0 N–H and O–H groups in total. The monoisotopic (exact) mass is 361 g/mol. The van der Waals surface area contributed by atoms with Crippen molar-refractivity contribution in [2.24, 2.45) is 4.99 Å². The zero-order valence-electron chi connectivity index (χ0n) is 15.4. The number of hydrogen-bond acceptors (Lipinski definition) is 6. The Hall–Kier alpha value is -3.40. The number of carbonyl (C=O) groups is 1. The lowest BCUT2D eigenvalue weighted by Gasteiger charge is -2.38. The molecular formula is C20H19N5O2. The third kappa shape index (κ3) is 2.10. The maximum atomic E-state index is 13.3. The van der Waals surface area contributed by atoms with Crippen LogP contribution in [0.25, 0.3) is 0 Å². The highest BCUT2D eigenvalue weighted by Gasteiger charge is 2.60. The third-order valence-electron chi connectivity index (χ3n) is 5.29. The van der Waals surface area contributed by atoms with Crippen molar-refractivity contribution in [3.05, 3.63) is 53.4 Å². The van der Waals surface area contributed by atoms with E-state index in [9.17, 15) is 10.1 Å². The SMILES string of the molecule is CCOC(=O)C12C(=C(C)N(c3ccccc3)C1C)C=Nc1c(C#N)cnn12. The Morgan fingerprint density at radius 2 is 2.11 bits per heavy atom. The standard InChI is InChI=1S/C20H19N5O2/c1-4-27-19(26)20-14(3)24(16-8-6-5-7-9-16)13(2)17(20)12-22-18-15(10-21)11-23-25(18)20/h5-9,11-12,14H,4H2,1-3H3. The predicted molar refractivity (Wildman–Crippen MR) is 101 cm³/mol. The van der Waals surface area contributed by atoms with Crippen molar-refractivity contribution < 1.29 is 9.53 Å². The number of aromatic nitrogens is 2. The topological polar surface area (TPSA) is 83.5 Å². The van der Waals surface area contributed by atoms with E-state index in [1.165, 1.54) is 6.20 Å². The summed E-state index contributed by atoms with van der Waals surface area (Å²) < 4.78 is 7.04. The highest BCUT2D eigenvalue weighted by Crippen LogP contribution is 2.49. The Morgan fingerprint density at radius 3 is 2.78 bits per heavy atom. The molecule has 7 nitrogen and oxygen atoms in total. The summed E-state index contributed by atoms with van der Waals surface area (Å²) in [6, 6.07) is 11.6. The molecule has 3 heterocycles. The second-order valence-corrected chi connectivity index (χ2v) is 6.53. The molecule has 1 aromatic carbocycles. The van der Waals surface area contributed by atoms with Crippen molar-refractivity contribution in [2.45, 2.75) is 32.4 Å². The largest absolute Gasteiger partial charge is 0.464 e. The molecule has 2 aliphatic rings. The molecule has 0 saturated heterocycles. The van der Waals surface area contributed by atoms with Gasteiger partial charge in [-0.3, -0.25) is 0 Å². The van der Waals surface area contributed by atoms with Crippen LogP contribution in [0, 0.1) is 11.3 Å². The molecule has 2 atom stereocenters. The summed E-state index contributed by atoms with van der Waals surface area (Å²) in [4.78, 5) is 19.8. The quantitative estimate of drug-likeness (QED) is 0.785. The first-order chi connectivity index (χ1) is 13.1. The maximum Gasteiger partial charge on any atom is 0.341 e. The maximum absolute atomic E-state index is 13.3. The summed E-state index contributed by atoms with van der Waals surface area (Å²) in [5.74, 6) is -0.0193. The van der Waals surface area contributed by atoms with E-state index < -0.39 is 11.5 Å². The molecule has 27 heavy (non-hydrogen) atoms. The molecule has 0 aliphatic carbocycles. The van der Waals surface area contributed by atoms with Gasteiger partial charge in [-0.05, 0) is 32.9 Å². The molecule has 2 unspecified atom stereocenters. The van der Waals surface area contributed by atoms with Crippen molar-refractivity contribution in [3.63, 3.8) is 0 Å². The number of nitriles is 1. The van der Waals surface area contributed by atoms with Gasteiger partial charge in [-0.25, -0.2) is 14.5 Å². The Morgan fingerprint density at radius 1 is 1.37 bits per heavy atom. The van der Waals surface area contributed by atoms with Crippen LogP contribution in [0.5, 0.6) is 0 Å². The summed E-state index contributed by atoms with van der Waals surface area (Å²) in [6.07, 6.45) is 3.12. The van der Waals surface area contributed by atoms with Crippen LogP contribution in [-0.4, -0.2) is 34.6 Å². The lowest BCUT2D eigenvalue weighted by molar-refractivity contribution is -0.152. The van der Waals surface area contributed by atoms with Crippen molar-refractivity contribution in [1.29, 1.82) is 5.26 Å². The van der Waals surface area contributed by atoms with Gasteiger partial charge < -0.3 is 9.64 Å². The first-order valence-electron chi connectivity index (χ1n) is 8.82. The fourth-order valence-corrected chi connectivity index (χ4v) is 4.13. The van der Waals surface area contributed by atoms with Crippen LogP contribution in [0.15, 0.2) is 52.8 Å². The Kier molecular flexibility index (Phi) is 3.84. The van der Waals surface area contributed by atoms with Crippen LogP contribution < -0.4 is 4.90 Å². The molecule has 0 spiro atoms. The van der Waals surface area contributed by atoms with E-state index >= 15 is 0 Å². The van der Waals surface area contributed by atoms with E-state index in [1.807, 2.05) is 44.2 Å².